The van der Waals surface area contributed by atoms with Gasteiger partial charge in [0.15, 0.2) is 5.69 Å². The maximum absolute atomic E-state index is 11.0. The predicted molar refractivity (Wildman–Crippen MR) is 69.8 cm³/mol. The molecule has 0 radical (unpaired) electrons. The Labute approximate surface area is 108 Å². The number of carbonyl (C=O) groups is 1. The van der Waals surface area contributed by atoms with Crippen molar-refractivity contribution in [1.82, 2.24) is 9.55 Å². The summed E-state index contributed by atoms with van der Waals surface area (Å²) in [7, 11) is 1.91. The average Bonchev–Trinajstić information content (AvgIpc) is 2.65. The van der Waals surface area contributed by atoms with Crippen molar-refractivity contribution in [2.75, 3.05) is 0 Å². The Balaban J connectivity index is 2.00. The molecule has 0 aromatic carbocycles. The highest BCUT2D eigenvalue weighted by Gasteiger charge is 2.18. The van der Waals surface area contributed by atoms with Gasteiger partial charge in [-0.05, 0) is 19.3 Å². The first-order valence-corrected chi connectivity index (χ1v) is 6.85. The standard InChI is InChI=1S/C14H22N2O2/c1-10-13(14(17)18)15-12(16(10)2)9-8-11-6-4-3-5-7-11/h11H,3-9H2,1-2H3,(H,17,18). The minimum atomic E-state index is -0.924. The van der Waals surface area contributed by atoms with Gasteiger partial charge in [-0.3, -0.25) is 0 Å². The van der Waals surface area contributed by atoms with E-state index in [1.165, 1.54) is 32.1 Å². The van der Waals surface area contributed by atoms with Gasteiger partial charge in [0.25, 0.3) is 0 Å². The molecule has 0 saturated heterocycles. The van der Waals surface area contributed by atoms with Crippen LogP contribution in [-0.4, -0.2) is 20.6 Å². The van der Waals surface area contributed by atoms with E-state index in [2.05, 4.69) is 4.98 Å². The zero-order valence-corrected chi connectivity index (χ0v) is 11.3. The van der Waals surface area contributed by atoms with E-state index in [0.29, 0.717) is 0 Å². The number of nitrogens with zero attached hydrogens (tertiary/aromatic N) is 2. The fourth-order valence-electron chi connectivity index (χ4n) is 2.87. The first-order chi connectivity index (χ1) is 8.59. The first-order valence-electron chi connectivity index (χ1n) is 6.85. The van der Waals surface area contributed by atoms with Crippen LogP contribution in [0.4, 0.5) is 0 Å². The third kappa shape index (κ3) is 2.74. The topological polar surface area (TPSA) is 55.1 Å². The van der Waals surface area contributed by atoms with Crippen molar-refractivity contribution in [3.05, 3.63) is 17.2 Å². The lowest BCUT2D eigenvalue weighted by Gasteiger charge is -2.21. The molecule has 0 atom stereocenters. The third-order valence-corrected chi connectivity index (χ3v) is 4.18. The van der Waals surface area contributed by atoms with Crippen LogP contribution in [0.25, 0.3) is 0 Å². The van der Waals surface area contributed by atoms with Crippen LogP contribution in [-0.2, 0) is 13.5 Å². The summed E-state index contributed by atoms with van der Waals surface area (Å²) in [6.07, 6.45) is 8.78. The van der Waals surface area contributed by atoms with Crippen LogP contribution in [0.3, 0.4) is 0 Å². The van der Waals surface area contributed by atoms with Gasteiger partial charge in [0.05, 0.1) is 0 Å². The monoisotopic (exact) mass is 250 g/mol. The van der Waals surface area contributed by atoms with E-state index in [0.717, 1.165) is 30.3 Å². The van der Waals surface area contributed by atoms with Gasteiger partial charge in [-0.2, -0.15) is 0 Å². The number of aromatic nitrogens is 2. The van der Waals surface area contributed by atoms with Crippen LogP contribution in [0.5, 0.6) is 0 Å². The summed E-state index contributed by atoms with van der Waals surface area (Å²) in [5, 5.41) is 9.04. The smallest absolute Gasteiger partial charge is 0.356 e. The van der Waals surface area contributed by atoms with Crippen LogP contribution in [0, 0.1) is 12.8 Å². The summed E-state index contributed by atoms with van der Waals surface area (Å²) < 4.78 is 1.92. The number of hydrogen-bond acceptors (Lipinski definition) is 2. The molecular formula is C14H22N2O2. The van der Waals surface area contributed by atoms with E-state index in [4.69, 9.17) is 5.11 Å². The van der Waals surface area contributed by atoms with E-state index in [1.807, 2.05) is 18.5 Å². The largest absolute Gasteiger partial charge is 0.476 e. The molecule has 4 heteroatoms. The van der Waals surface area contributed by atoms with Crippen molar-refractivity contribution in [3.8, 4) is 0 Å². The van der Waals surface area contributed by atoms with Gasteiger partial charge >= 0.3 is 5.97 Å². The van der Waals surface area contributed by atoms with Gasteiger partial charge in [0.1, 0.15) is 5.82 Å². The molecule has 1 aromatic heterocycles. The third-order valence-electron chi connectivity index (χ3n) is 4.18. The molecule has 0 spiro atoms. The predicted octanol–water partition coefficient (Wildman–Crippen LogP) is 2.94. The molecule has 0 unspecified atom stereocenters. The van der Waals surface area contributed by atoms with Gasteiger partial charge in [-0.1, -0.05) is 32.1 Å². The highest BCUT2D eigenvalue weighted by Crippen LogP contribution is 2.27. The zero-order chi connectivity index (χ0) is 13.1. The van der Waals surface area contributed by atoms with Crippen LogP contribution in [0.1, 0.15) is 60.5 Å². The van der Waals surface area contributed by atoms with Crippen LogP contribution in [0.2, 0.25) is 0 Å². The summed E-state index contributed by atoms with van der Waals surface area (Å²) in [4.78, 5) is 15.3. The lowest BCUT2D eigenvalue weighted by atomic mass is 9.86. The molecule has 1 N–H and O–H groups in total. The summed E-state index contributed by atoms with van der Waals surface area (Å²) in [6.45, 7) is 1.82. The Morgan fingerprint density at radius 2 is 2.06 bits per heavy atom. The first kappa shape index (κ1) is 13.1. The number of aromatic carboxylic acids is 1. The summed E-state index contributed by atoms with van der Waals surface area (Å²) in [5.41, 5.74) is 0.956. The second-order valence-corrected chi connectivity index (χ2v) is 5.37. The number of rotatable bonds is 4. The zero-order valence-electron chi connectivity index (χ0n) is 11.3. The molecule has 0 bridgehead atoms. The van der Waals surface area contributed by atoms with Gasteiger partial charge in [0.2, 0.25) is 0 Å². The number of carboxylic acids is 1. The van der Waals surface area contributed by atoms with E-state index in [9.17, 15) is 4.79 Å². The molecule has 2 rings (SSSR count). The second-order valence-electron chi connectivity index (χ2n) is 5.37. The van der Waals surface area contributed by atoms with Gasteiger partial charge in [-0.25, -0.2) is 9.78 Å². The van der Waals surface area contributed by atoms with Crippen LogP contribution >= 0.6 is 0 Å². The fraction of sp³-hybridized carbons (Fsp3) is 0.714. The SMILES string of the molecule is Cc1c(C(=O)O)nc(CCC2CCCCC2)n1C. The molecule has 0 aliphatic heterocycles. The van der Waals surface area contributed by atoms with Crippen molar-refractivity contribution in [2.24, 2.45) is 13.0 Å². The normalized spacial score (nSPS) is 17.0. The maximum atomic E-state index is 11.0. The second kappa shape index (κ2) is 5.55. The Morgan fingerprint density at radius 1 is 1.39 bits per heavy atom. The summed E-state index contributed by atoms with van der Waals surface area (Å²) >= 11 is 0. The quantitative estimate of drug-likeness (QED) is 0.893. The van der Waals surface area contributed by atoms with Crippen molar-refractivity contribution >= 4 is 5.97 Å². The van der Waals surface area contributed by atoms with E-state index in [1.54, 1.807) is 0 Å². The Hall–Kier alpha value is -1.32. The van der Waals surface area contributed by atoms with E-state index >= 15 is 0 Å². The van der Waals surface area contributed by atoms with Crippen molar-refractivity contribution in [1.29, 1.82) is 0 Å². The molecule has 4 nitrogen and oxygen atoms in total. The lowest BCUT2D eigenvalue weighted by molar-refractivity contribution is 0.0690. The Bertz CT molecular complexity index is 431. The average molecular weight is 250 g/mol. The molecule has 1 aliphatic rings. The summed E-state index contributed by atoms with van der Waals surface area (Å²) in [6, 6.07) is 0. The Kier molecular flexibility index (Phi) is 4.04. The molecule has 1 fully saturated rings. The van der Waals surface area contributed by atoms with E-state index in [-0.39, 0.29) is 5.69 Å². The Morgan fingerprint density at radius 3 is 2.61 bits per heavy atom. The highest BCUT2D eigenvalue weighted by molar-refractivity contribution is 5.86. The molecule has 1 heterocycles. The van der Waals surface area contributed by atoms with Crippen molar-refractivity contribution < 1.29 is 9.90 Å². The molecule has 18 heavy (non-hydrogen) atoms. The van der Waals surface area contributed by atoms with Crippen LogP contribution in [0.15, 0.2) is 0 Å². The van der Waals surface area contributed by atoms with E-state index < -0.39 is 5.97 Å². The molecule has 1 aliphatic carbocycles. The maximum Gasteiger partial charge on any atom is 0.356 e. The van der Waals surface area contributed by atoms with Crippen molar-refractivity contribution in [3.63, 3.8) is 0 Å². The highest BCUT2D eigenvalue weighted by atomic mass is 16.4. The molecule has 1 aromatic rings. The molecule has 0 amide bonds. The molecular weight excluding hydrogens is 228 g/mol. The van der Waals surface area contributed by atoms with Gasteiger partial charge < -0.3 is 9.67 Å². The van der Waals surface area contributed by atoms with Gasteiger partial charge in [-0.15, -0.1) is 0 Å². The number of aryl methyl sites for hydroxylation is 1. The minimum Gasteiger partial charge on any atom is -0.476 e. The molecule has 1 saturated carbocycles. The molecule has 100 valence electrons. The summed E-state index contributed by atoms with van der Waals surface area (Å²) in [5.74, 6) is 0.798. The minimum absolute atomic E-state index is 0.205. The fourth-order valence-corrected chi connectivity index (χ4v) is 2.87. The lowest BCUT2D eigenvalue weighted by Crippen LogP contribution is -2.09. The number of carboxylic acid groups (broad SMARTS) is 1. The van der Waals surface area contributed by atoms with Gasteiger partial charge in [0, 0.05) is 19.2 Å². The van der Waals surface area contributed by atoms with Crippen molar-refractivity contribution in [2.45, 2.75) is 51.9 Å². The number of imidazole rings is 1. The van der Waals surface area contributed by atoms with Crippen LogP contribution < -0.4 is 0 Å². The number of hydrogen-bond donors (Lipinski definition) is 1.